The largest absolute Gasteiger partial charge is 0.490 e. The maximum absolute atomic E-state index is 14.3. The molecule has 2 fully saturated rings. The van der Waals surface area contributed by atoms with Crippen LogP contribution >= 0.6 is 11.3 Å². The van der Waals surface area contributed by atoms with Crippen molar-refractivity contribution in [3.63, 3.8) is 0 Å². The third-order valence-corrected chi connectivity index (χ3v) is 12.6. The van der Waals surface area contributed by atoms with Crippen molar-refractivity contribution in [3.8, 4) is 5.75 Å². The third kappa shape index (κ3) is 11.8. The average Bonchev–Trinajstić information content (AvgIpc) is 4.11. The number of benzene rings is 4. The molecule has 3 aliphatic heterocycles. The Morgan fingerprint density at radius 1 is 0.913 bits per heavy atom. The minimum atomic E-state index is -0.874. The smallest absolute Gasteiger partial charge is 0.410 e. The zero-order chi connectivity index (χ0) is 48.4. The highest BCUT2D eigenvalue weighted by Crippen LogP contribution is 2.41. The fourth-order valence-corrected chi connectivity index (χ4v) is 9.19. The van der Waals surface area contributed by atoms with Crippen LogP contribution in [0, 0.1) is 5.92 Å². The highest BCUT2D eigenvalue weighted by Gasteiger charge is 2.44. The molecule has 1 aromatic heterocycles. The SMILES string of the molecule is CC(C)(C)OC(=O)NCCCN=C(N)N1Cc2ccc(OCCO/N=C(\C(=O)C[C@@H]3C(=O)N[C@@H]3CN3CCOC3=O)c3csc(NC(c4ccccc4)(c4ccccc4)c4ccccc4)n3)cc2C1. The Hall–Kier alpha value is -7.47. The number of fused-ring (bicyclic) bond motifs is 1. The van der Waals surface area contributed by atoms with Crippen molar-refractivity contribution in [1.29, 1.82) is 0 Å². The van der Waals surface area contributed by atoms with E-state index in [9.17, 15) is 19.2 Å². The number of thiazole rings is 1. The molecule has 18 heteroatoms. The van der Waals surface area contributed by atoms with Gasteiger partial charge < -0.3 is 50.5 Å². The molecule has 360 valence electrons. The third-order valence-electron chi connectivity index (χ3n) is 11.8. The van der Waals surface area contributed by atoms with Gasteiger partial charge in [0.15, 0.2) is 29.2 Å². The molecule has 5 N–H and O–H groups in total. The monoisotopic (exact) mass is 955 g/mol. The Morgan fingerprint density at radius 2 is 1.58 bits per heavy atom. The van der Waals surface area contributed by atoms with Crippen molar-refractivity contribution < 1.29 is 38.2 Å². The van der Waals surface area contributed by atoms with Gasteiger partial charge in [-0.1, -0.05) is 102 Å². The van der Waals surface area contributed by atoms with Crippen molar-refractivity contribution in [2.45, 2.75) is 63.9 Å². The number of hydrogen-bond acceptors (Lipinski definition) is 13. The van der Waals surface area contributed by atoms with Gasteiger partial charge in [-0.05, 0) is 67.1 Å². The van der Waals surface area contributed by atoms with Crippen molar-refractivity contribution >= 4 is 52.0 Å². The van der Waals surface area contributed by atoms with Gasteiger partial charge in [0, 0.05) is 44.5 Å². The lowest BCUT2D eigenvalue weighted by Gasteiger charge is -2.38. The summed E-state index contributed by atoms with van der Waals surface area (Å²) in [7, 11) is 0. The molecular weight excluding hydrogens is 899 g/mol. The number of nitrogens with two attached hydrogens (primary N) is 1. The van der Waals surface area contributed by atoms with Gasteiger partial charge in [-0.2, -0.15) is 0 Å². The maximum Gasteiger partial charge on any atom is 0.410 e. The fraction of sp³-hybridized carbons (Fsp3) is 0.353. The average molecular weight is 956 g/mol. The molecule has 17 nitrogen and oxygen atoms in total. The lowest BCUT2D eigenvalue weighted by molar-refractivity contribution is -0.138. The standard InChI is InChI=1S/C51H57N9O8S/c1-50(2,3)68-48(63)54-23-13-22-53-46(52)60-30-34-20-21-39(28-35(34)31-60)65-26-27-67-58-44(43(61)29-40-41(55-45(40)62)32-59-24-25-66-49(59)64)42-33-69-47(56-42)57-51(36-14-7-4-8-15-36,37-16-9-5-10-17-37)38-18-11-6-12-19-38/h4-12,14-21,28,33,40-41H,13,22-27,29-32H2,1-3H3,(H2,52,53)(H,54,63)(H,55,62)(H,56,57)/b58-44-/t40-,41+/m0/s1. The number of aliphatic imine (C=N–C) groups is 1. The molecule has 0 radical (unpaired) electrons. The van der Waals surface area contributed by atoms with Gasteiger partial charge in [0.2, 0.25) is 5.91 Å². The minimum absolute atomic E-state index is 0.000365. The van der Waals surface area contributed by atoms with E-state index in [2.05, 4.69) is 62.5 Å². The van der Waals surface area contributed by atoms with E-state index in [-0.39, 0.29) is 50.1 Å². The number of cyclic esters (lactones) is 1. The molecule has 5 aromatic rings. The first-order valence-electron chi connectivity index (χ1n) is 23.0. The Bertz CT molecular complexity index is 2560. The fourth-order valence-electron chi connectivity index (χ4n) is 8.44. The van der Waals surface area contributed by atoms with Crippen LogP contribution in [0.3, 0.4) is 0 Å². The summed E-state index contributed by atoms with van der Waals surface area (Å²) in [5.41, 5.74) is 10.2. The molecule has 4 aromatic carbocycles. The van der Waals surface area contributed by atoms with Gasteiger partial charge in [0.25, 0.3) is 0 Å². The predicted octanol–water partition coefficient (Wildman–Crippen LogP) is 6.42. The molecule has 3 aliphatic rings. The minimum Gasteiger partial charge on any atom is -0.490 e. The lowest BCUT2D eigenvalue weighted by Crippen LogP contribution is -2.63. The van der Waals surface area contributed by atoms with E-state index in [1.807, 2.05) is 98.5 Å². The van der Waals surface area contributed by atoms with Crippen LogP contribution in [0.25, 0.3) is 0 Å². The predicted molar refractivity (Wildman–Crippen MR) is 262 cm³/mol. The number of ether oxygens (including phenoxy) is 3. The molecule has 2 atom stereocenters. The summed E-state index contributed by atoms with van der Waals surface area (Å²) in [6, 6.07) is 35.7. The summed E-state index contributed by atoms with van der Waals surface area (Å²) in [6.07, 6.45) is -0.478. The first kappa shape index (κ1) is 48.0. The highest BCUT2D eigenvalue weighted by atomic mass is 32.1. The Balaban J connectivity index is 0.948. The van der Waals surface area contributed by atoms with E-state index in [4.69, 9.17) is 29.8 Å². The van der Waals surface area contributed by atoms with Crippen molar-refractivity contribution in [1.82, 2.24) is 25.4 Å². The molecule has 3 amide bonds. The van der Waals surface area contributed by atoms with Gasteiger partial charge in [0.1, 0.15) is 35.8 Å². The number of nitrogens with one attached hydrogen (secondary N) is 3. The van der Waals surface area contributed by atoms with E-state index < -0.39 is 41.1 Å². The zero-order valence-electron chi connectivity index (χ0n) is 38.9. The van der Waals surface area contributed by atoms with E-state index >= 15 is 0 Å². The number of anilines is 1. The van der Waals surface area contributed by atoms with Crippen LogP contribution in [0.5, 0.6) is 5.75 Å². The Morgan fingerprint density at radius 3 is 2.20 bits per heavy atom. The normalized spacial score (nSPS) is 17.1. The molecular formula is C51H57N9O8S. The summed E-state index contributed by atoms with van der Waals surface area (Å²) < 4.78 is 16.4. The molecule has 0 bridgehead atoms. The summed E-state index contributed by atoms with van der Waals surface area (Å²) in [4.78, 5) is 70.1. The second kappa shape index (κ2) is 21.7. The number of alkyl carbamates (subject to hydrolysis) is 1. The number of carbonyl (C=O) groups is 4. The van der Waals surface area contributed by atoms with Gasteiger partial charge in [-0.25, -0.2) is 14.6 Å². The number of rotatable bonds is 20. The van der Waals surface area contributed by atoms with Gasteiger partial charge >= 0.3 is 12.2 Å². The zero-order valence-corrected chi connectivity index (χ0v) is 39.7. The van der Waals surface area contributed by atoms with Crippen LogP contribution in [0.1, 0.15) is 67.1 Å². The first-order chi connectivity index (χ1) is 33.4. The van der Waals surface area contributed by atoms with Gasteiger partial charge in [0.05, 0.1) is 18.5 Å². The number of Topliss-reactive ketones (excluding diaryl/α,β-unsaturated/α-hetero) is 1. The topological polar surface area (TPSA) is 211 Å². The van der Waals surface area contributed by atoms with E-state index in [1.54, 1.807) is 5.38 Å². The number of nitrogens with zero attached hydrogens (tertiary/aromatic N) is 5. The number of amides is 3. The summed E-state index contributed by atoms with van der Waals surface area (Å²) >= 11 is 1.32. The number of aromatic nitrogens is 1. The molecule has 0 spiro atoms. The number of guanidine groups is 1. The van der Waals surface area contributed by atoms with Gasteiger partial charge in [-0.15, -0.1) is 11.3 Å². The van der Waals surface area contributed by atoms with Gasteiger partial charge in [-0.3, -0.25) is 14.6 Å². The summed E-state index contributed by atoms with van der Waals surface area (Å²) in [6.45, 7) is 8.50. The Kier molecular flexibility index (Phi) is 15.1. The number of β-lactam (4-membered cyclic amide) rings is 1. The molecule has 0 unspecified atom stereocenters. The summed E-state index contributed by atoms with van der Waals surface area (Å²) in [5, 5.41) is 16.0. The molecule has 69 heavy (non-hydrogen) atoms. The van der Waals surface area contributed by atoms with Crippen LogP contribution in [0.2, 0.25) is 0 Å². The molecule has 0 aliphatic carbocycles. The van der Waals surface area contributed by atoms with Crippen molar-refractivity contribution in [2.75, 3.05) is 51.3 Å². The van der Waals surface area contributed by atoms with Crippen LogP contribution in [-0.2, 0) is 42.5 Å². The lowest BCUT2D eigenvalue weighted by atomic mass is 9.77. The molecule has 2 saturated heterocycles. The molecule has 0 saturated carbocycles. The van der Waals surface area contributed by atoms with Crippen LogP contribution in [-0.4, -0.2) is 108 Å². The maximum atomic E-state index is 14.3. The van der Waals surface area contributed by atoms with E-state index in [0.717, 1.165) is 27.8 Å². The molecule has 4 heterocycles. The second-order valence-electron chi connectivity index (χ2n) is 17.9. The van der Waals surface area contributed by atoms with Crippen LogP contribution in [0.15, 0.2) is 125 Å². The highest BCUT2D eigenvalue weighted by molar-refractivity contribution is 7.14. The van der Waals surface area contributed by atoms with Crippen LogP contribution < -0.4 is 26.4 Å². The number of ketones is 1. The van der Waals surface area contributed by atoms with Crippen LogP contribution in [0.4, 0.5) is 14.7 Å². The van der Waals surface area contributed by atoms with Crippen molar-refractivity contribution in [3.05, 3.63) is 148 Å². The van der Waals surface area contributed by atoms with Crippen molar-refractivity contribution in [2.24, 2.45) is 21.8 Å². The quantitative estimate of drug-likeness (QED) is 0.0166. The van der Waals surface area contributed by atoms with E-state index in [0.29, 0.717) is 56.0 Å². The number of hydrogen-bond donors (Lipinski definition) is 4. The summed E-state index contributed by atoms with van der Waals surface area (Å²) in [5.74, 6) is -0.376. The second-order valence-corrected chi connectivity index (χ2v) is 18.7. The number of oxime groups is 1. The van der Waals surface area contributed by atoms with E-state index in [1.165, 1.54) is 16.2 Å². The Labute approximate surface area is 405 Å². The molecule has 8 rings (SSSR count). The first-order valence-corrected chi connectivity index (χ1v) is 23.9. The number of carbonyl (C=O) groups excluding carboxylic acids is 4.